The molecule has 0 heterocycles. The van der Waals surface area contributed by atoms with Crippen LogP contribution < -0.4 is 4.74 Å². The highest BCUT2D eigenvalue weighted by molar-refractivity contribution is 5.92. The van der Waals surface area contributed by atoms with E-state index in [1.165, 1.54) is 70.6 Å². The van der Waals surface area contributed by atoms with Gasteiger partial charge in [-0.3, -0.25) is 0 Å². The van der Waals surface area contributed by atoms with Gasteiger partial charge in [-0.05, 0) is 25.0 Å². The standard InChI is InChI=1S/C23H38O3/c1-3-4-5-6-7-8-9-10-11-12-13-14-15-19-26-21-18-16-17-20(2)22(21)23(24)25/h16-18H,3-15,19H2,1-2H3,(H,24,25). The lowest BCUT2D eigenvalue weighted by atomic mass is 10.0. The molecule has 1 aromatic carbocycles. The summed E-state index contributed by atoms with van der Waals surface area (Å²) in [5.74, 6) is -0.417. The van der Waals surface area contributed by atoms with Gasteiger partial charge >= 0.3 is 5.97 Å². The van der Waals surface area contributed by atoms with Gasteiger partial charge in [0.2, 0.25) is 0 Å². The van der Waals surface area contributed by atoms with Crippen molar-refractivity contribution in [3.8, 4) is 5.75 Å². The molecule has 0 saturated carbocycles. The van der Waals surface area contributed by atoms with E-state index in [0.29, 0.717) is 17.9 Å². The number of carboxylic acids is 1. The zero-order chi connectivity index (χ0) is 19.0. The van der Waals surface area contributed by atoms with Crippen molar-refractivity contribution in [1.29, 1.82) is 0 Å². The number of carbonyl (C=O) groups is 1. The molecule has 0 aromatic heterocycles. The summed E-state index contributed by atoms with van der Waals surface area (Å²) in [4.78, 5) is 11.3. The van der Waals surface area contributed by atoms with Gasteiger partial charge in [0.05, 0.1) is 6.61 Å². The second-order valence-corrected chi connectivity index (χ2v) is 7.34. The van der Waals surface area contributed by atoms with Crippen molar-refractivity contribution >= 4 is 5.97 Å². The van der Waals surface area contributed by atoms with Crippen LogP contribution in [-0.2, 0) is 0 Å². The lowest BCUT2D eigenvalue weighted by Gasteiger charge is -2.10. The van der Waals surface area contributed by atoms with Gasteiger partial charge in [0.15, 0.2) is 0 Å². The second kappa shape index (κ2) is 14.6. The predicted molar refractivity (Wildman–Crippen MR) is 109 cm³/mol. The highest BCUT2D eigenvalue weighted by Crippen LogP contribution is 2.22. The van der Waals surface area contributed by atoms with E-state index in [9.17, 15) is 9.90 Å². The summed E-state index contributed by atoms with van der Waals surface area (Å²) in [6.07, 6.45) is 17.2. The lowest BCUT2D eigenvalue weighted by Crippen LogP contribution is -2.06. The van der Waals surface area contributed by atoms with Crippen molar-refractivity contribution in [2.45, 2.75) is 97.3 Å². The highest BCUT2D eigenvalue weighted by Gasteiger charge is 2.13. The normalized spacial score (nSPS) is 10.8. The van der Waals surface area contributed by atoms with E-state index in [1.807, 2.05) is 19.1 Å². The summed E-state index contributed by atoms with van der Waals surface area (Å²) in [5, 5.41) is 9.28. The van der Waals surface area contributed by atoms with Crippen molar-refractivity contribution < 1.29 is 14.6 Å². The highest BCUT2D eigenvalue weighted by atomic mass is 16.5. The average Bonchev–Trinajstić information content (AvgIpc) is 2.61. The summed E-state index contributed by atoms with van der Waals surface area (Å²) in [6, 6.07) is 5.40. The first-order valence-corrected chi connectivity index (χ1v) is 10.6. The number of ether oxygens (including phenoxy) is 1. The fourth-order valence-corrected chi connectivity index (χ4v) is 3.34. The molecule has 1 rings (SSSR count). The van der Waals surface area contributed by atoms with E-state index >= 15 is 0 Å². The molecule has 3 heteroatoms. The predicted octanol–water partition coefficient (Wildman–Crippen LogP) is 7.16. The van der Waals surface area contributed by atoms with Crippen LogP contribution in [-0.4, -0.2) is 17.7 Å². The van der Waals surface area contributed by atoms with Crippen molar-refractivity contribution in [3.05, 3.63) is 29.3 Å². The first-order valence-electron chi connectivity index (χ1n) is 10.6. The second-order valence-electron chi connectivity index (χ2n) is 7.34. The van der Waals surface area contributed by atoms with E-state index in [-0.39, 0.29) is 0 Å². The zero-order valence-corrected chi connectivity index (χ0v) is 16.9. The molecule has 0 fully saturated rings. The monoisotopic (exact) mass is 362 g/mol. The Morgan fingerprint density at radius 2 is 1.35 bits per heavy atom. The fourth-order valence-electron chi connectivity index (χ4n) is 3.34. The van der Waals surface area contributed by atoms with Gasteiger partial charge in [-0.25, -0.2) is 4.79 Å². The van der Waals surface area contributed by atoms with E-state index in [0.717, 1.165) is 18.4 Å². The minimum absolute atomic E-state index is 0.294. The molecule has 0 spiro atoms. The largest absolute Gasteiger partial charge is 0.493 e. The topological polar surface area (TPSA) is 46.5 Å². The average molecular weight is 363 g/mol. The Balaban J connectivity index is 1.97. The molecule has 1 N–H and O–H groups in total. The van der Waals surface area contributed by atoms with E-state index in [2.05, 4.69) is 6.92 Å². The SMILES string of the molecule is CCCCCCCCCCCCCCCOc1cccc(C)c1C(=O)O. The van der Waals surface area contributed by atoms with Crippen LogP contribution in [0.4, 0.5) is 0 Å². The van der Waals surface area contributed by atoms with Gasteiger partial charge in [-0.1, -0.05) is 96.1 Å². The van der Waals surface area contributed by atoms with E-state index in [4.69, 9.17) is 4.74 Å². The fraction of sp³-hybridized carbons (Fsp3) is 0.696. The number of rotatable bonds is 16. The molecule has 1 aromatic rings. The summed E-state index contributed by atoms with van der Waals surface area (Å²) >= 11 is 0. The van der Waals surface area contributed by atoms with Crippen molar-refractivity contribution in [1.82, 2.24) is 0 Å². The Bertz CT molecular complexity index is 496. The molecule has 0 radical (unpaired) electrons. The molecular weight excluding hydrogens is 324 g/mol. The molecule has 26 heavy (non-hydrogen) atoms. The first-order chi connectivity index (χ1) is 12.7. The third kappa shape index (κ3) is 9.84. The van der Waals surface area contributed by atoms with Crippen LogP contribution in [0, 0.1) is 6.92 Å². The molecule has 148 valence electrons. The Kier molecular flexibility index (Phi) is 12.7. The number of unbranched alkanes of at least 4 members (excludes halogenated alkanes) is 12. The van der Waals surface area contributed by atoms with Crippen LogP contribution in [0.25, 0.3) is 0 Å². The van der Waals surface area contributed by atoms with Gasteiger partial charge in [-0.2, -0.15) is 0 Å². The summed E-state index contributed by atoms with van der Waals surface area (Å²) in [5.41, 5.74) is 1.04. The van der Waals surface area contributed by atoms with E-state index < -0.39 is 5.97 Å². The van der Waals surface area contributed by atoms with Gasteiger partial charge in [-0.15, -0.1) is 0 Å². The molecular formula is C23H38O3. The Labute approximate surface area is 160 Å². The van der Waals surface area contributed by atoms with Crippen LogP contribution >= 0.6 is 0 Å². The number of aryl methyl sites for hydroxylation is 1. The number of carboxylic acid groups (broad SMARTS) is 1. The summed E-state index contributed by atoms with van der Waals surface area (Å²) < 4.78 is 5.70. The van der Waals surface area contributed by atoms with Crippen LogP contribution in [0.3, 0.4) is 0 Å². The molecule has 0 aliphatic rings. The molecule has 0 amide bonds. The third-order valence-corrected chi connectivity index (χ3v) is 4.95. The van der Waals surface area contributed by atoms with Crippen LogP contribution in [0.5, 0.6) is 5.75 Å². The van der Waals surface area contributed by atoms with Gasteiger partial charge < -0.3 is 9.84 Å². The van der Waals surface area contributed by atoms with Gasteiger partial charge in [0.1, 0.15) is 11.3 Å². The lowest BCUT2D eigenvalue weighted by molar-refractivity contribution is 0.0691. The maximum atomic E-state index is 11.3. The maximum absolute atomic E-state index is 11.3. The molecule has 0 unspecified atom stereocenters. The Hall–Kier alpha value is -1.51. The number of aromatic carboxylic acids is 1. The minimum Gasteiger partial charge on any atom is -0.493 e. The van der Waals surface area contributed by atoms with Crippen LogP contribution in [0.2, 0.25) is 0 Å². The number of hydrogen-bond donors (Lipinski definition) is 1. The molecule has 3 nitrogen and oxygen atoms in total. The zero-order valence-electron chi connectivity index (χ0n) is 16.9. The first kappa shape index (κ1) is 22.5. The van der Waals surface area contributed by atoms with Crippen molar-refractivity contribution in [2.75, 3.05) is 6.61 Å². The molecule has 0 bridgehead atoms. The molecule has 0 atom stereocenters. The van der Waals surface area contributed by atoms with Crippen molar-refractivity contribution in [3.63, 3.8) is 0 Å². The van der Waals surface area contributed by atoms with Gasteiger partial charge in [0, 0.05) is 0 Å². The van der Waals surface area contributed by atoms with E-state index in [1.54, 1.807) is 6.07 Å². The summed E-state index contributed by atoms with van der Waals surface area (Å²) in [6.45, 7) is 4.67. The quantitative estimate of drug-likeness (QED) is 0.317. The van der Waals surface area contributed by atoms with Crippen LogP contribution in [0.1, 0.15) is 106 Å². The maximum Gasteiger partial charge on any atom is 0.339 e. The number of hydrogen-bond acceptors (Lipinski definition) is 2. The molecule has 0 aliphatic heterocycles. The molecule has 0 aliphatic carbocycles. The Morgan fingerprint density at radius 3 is 1.85 bits per heavy atom. The van der Waals surface area contributed by atoms with Crippen LogP contribution in [0.15, 0.2) is 18.2 Å². The van der Waals surface area contributed by atoms with Gasteiger partial charge in [0.25, 0.3) is 0 Å². The third-order valence-electron chi connectivity index (χ3n) is 4.95. The smallest absolute Gasteiger partial charge is 0.339 e. The Morgan fingerprint density at radius 1 is 0.846 bits per heavy atom. The molecule has 0 saturated heterocycles. The minimum atomic E-state index is -0.913. The number of benzene rings is 1. The van der Waals surface area contributed by atoms with Crippen molar-refractivity contribution in [2.24, 2.45) is 0 Å². The summed E-state index contributed by atoms with van der Waals surface area (Å²) in [7, 11) is 0.